The molecule has 1 fully saturated rings. The van der Waals surface area contributed by atoms with Gasteiger partial charge in [-0.1, -0.05) is 91.9 Å². The summed E-state index contributed by atoms with van der Waals surface area (Å²) in [5.41, 5.74) is -0.0871. The maximum absolute atomic E-state index is 6.61. The molecule has 0 aliphatic carbocycles. The second-order valence-corrected chi connectivity index (χ2v) is 9.91. The third-order valence-electron chi connectivity index (χ3n) is 7.20. The average molecular weight is 398 g/mol. The monoisotopic (exact) mass is 397 g/mol. The molecule has 1 aliphatic rings. The molecule has 0 unspecified atom stereocenters. The lowest BCUT2D eigenvalue weighted by molar-refractivity contribution is -0.321. The zero-order valence-corrected chi connectivity index (χ0v) is 20.1. The molecule has 3 heteroatoms. The molecule has 1 aliphatic heterocycles. The van der Waals surface area contributed by atoms with Crippen LogP contribution in [-0.2, 0) is 9.47 Å². The molecule has 1 saturated heterocycles. The topological polar surface area (TPSA) is 30.5 Å². The number of nitrogens with one attached hydrogen (secondary N) is 1. The summed E-state index contributed by atoms with van der Waals surface area (Å²) in [7, 11) is 0. The maximum Gasteiger partial charge on any atom is 0.176 e. The van der Waals surface area contributed by atoms with E-state index in [-0.39, 0.29) is 11.0 Å². The molecule has 3 nitrogen and oxygen atoms in total. The van der Waals surface area contributed by atoms with Crippen LogP contribution in [0.1, 0.15) is 125 Å². The summed E-state index contributed by atoms with van der Waals surface area (Å²) in [4.78, 5) is 0. The summed E-state index contributed by atoms with van der Waals surface area (Å²) in [6, 6.07) is 0. The van der Waals surface area contributed by atoms with Crippen LogP contribution >= 0.6 is 0 Å². The van der Waals surface area contributed by atoms with Crippen LogP contribution in [0.3, 0.4) is 0 Å². The Hall–Kier alpha value is -0.120. The number of piperidine rings is 1. The quantitative estimate of drug-likeness (QED) is 0.220. The van der Waals surface area contributed by atoms with E-state index < -0.39 is 5.79 Å². The molecule has 168 valence electrons. The fraction of sp³-hybridized carbons (Fsp3) is 1.00. The number of hydrogen-bond acceptors (Lipinski definition) is 3. The summed E-state index contributed by atoms with van der Waals surface area (Å²) in [5.74, 6) is -0.464. The molecule has 0 aromatic heterocycles. The molecule has 0 aromatic carbocycles. The van der Waals surface area contributed by atoms with Gasteiger partial charge in [-0.05, 0) is 26.7 Å². The normalized spacial score (nSPS) is 20.4. The van der Waals surface area contributed by atoms with Crippen molar-refractivity contribution < 1.29 is 9.47 Å². The van der Waals surface area contributed by atoms with Gasteiger partial charge in [-0.3, -0.25) is 0 Å². The standard InChI is InChI=1S/C25H51NO2/c1-7-9-11-13-15-17-21-27-25(28-22-18-16-14-12-10-8-2)19-20-26-24(5,6)23(25,3)4/h26H,7-22H2,1-6H3. The van der Waals surface area contributed by atoms with E-state index in [0.29, 0.717) is 0 Å². The lowest BCUT2D eigenvalue weighted by Gasteiger charge is -2.57. The molecule has 0 atom stereocenters. The molecule has 1 N–H and O–H groups in total. The van der Waals surface area contributed by atoms with E-state index in [4.69, 9.17) is 9.47 Å². The predicted molar refractivity (Wildman–Crippen MR) is 122 cm³/mol. The SMILES string of the molecule is CCCCCCCCOC1(OCCCCCCCC)CCNC(C)(C)C1(C)C. The van der Waals surface area contributed by atoms with Gasteiger partial charge in [-0.25, -0.2) is 0 Å². The van der Waals surface area contributed by atoms with Crippen molar-refractivity contribution in [2.45, 2.75) is 136 Å². The van der Waals surface area contributed by atoms with Gasteiger partial charge in [0.1, 0.15) is 0 Å². The molecular formula is C25H51NO2. The van der Waals surface area contributed by atoms with Crippen molar-refractivity contribution in [2.24, 2.45) is 5.41 Å². The van der Waals surface area contributed by atoms with Crippen LogP contribution in [0.4, 0.5) is 0 Å². The van der Waals surface area contributed by atoms with E-state index in [2.05, 4.69) is 46.9 Å². The minimum Gasteiger partial charge on any atom is -0.349 e. The zero-order chi connectivity index (χ0) is 20.9. The van der Waals surface area contributed by atoms with Gasteiger partial charge in [-0.15, -0.1) is 0 Å². The predicted octanol–water partition coefficient (Wildman–Crippen LogP) is 7.24. The Kier molecular flexibility index (Phi) is 12.3. The first-order chi connectivity index (χ1) is 13.3. The molecule has 1 rings (SSSR count). The second kappa shape index (κ2) is 13.2. The van der Waals surface area contributed by atoms with Gasteiger partial charge < -0.3 is 14.8 Å². The molecule has 28 heavy (non-hydrogen) atoms. The third kappa shape index (κ3) is 7.61. The van der Waals surface area contributed by atoms with Crippen LogP contribution in [0, 0.1) is 5.41 Å². The lowest BCUT2D eigenvalue weighted by Crippen LogP contribution is -2.69. The van der Waals surface area contributed by atoms with Gasteiger partial charge in [0.2, 0.25) is 0 Å². The minimum absolute atomic E-state index is 0.00645. The lowest BCUT2D eigenvalue weighted by atomic mass is 9.65. The van der Waals surface area contributed by atoms with Gasteiger partial charge in [0.25, 0.3) is 0 Å². The summed E-state index contributed by atoms with van der Waals surface area (Å²) in [6.07, 6.45) is 16.5. The summed E-state index contributed by atoms with van der Waals surface area (Å²) >= 11 is 0. The van der Waals surface area contributed by atoms with Crippen LogP contribution in [0.5, 0.6) is 0 Å². The van der Waals surface area contributed by atoms with Crippen LogP contribution in [-0.4, -0.2) is 31.1 Å². The summed E-state index contributed by atoms with van der Waals surface area (Å²) < 4.78 is 13.2. The van der Waals surface area contributed by atoms with Crippen molar-refractivity contribution in [3.8, 4) is 0 Å². The molecule has 0 radical (unpaired) electrons. The van der Waals surface area contributed by atoms with E-state index in [1.807, 2.05) is 0 Å². The fourth-order valence-electron chi connectivity index (χ4n) is 4.33. The molecular weight excluding hydrogens is 346 g/mol. The largest absolute Gasteiger partial charge is 0.349 e. The van der Waals surface area contributed by atoms with Gasteiger partial charge >= 0.3 is 0 Å². The van der Waals surface area contributed by atoms with Crippen molar-refractivity contribution in [1.29, 1.82) is 0 Å². The second-order valence-electron chi connectivity index (χ2n) is 9.91. The van der Waals surface area contributed by atoms with E-state index in [1.54, 1.807) is 0 Å². The number of rotatable bonds is 16. The first-order valence-corrected chi connectivity index (χ1v) is 12.4. The number of unbranched alkanes of at least 4 members (excludes halogenated alkanes) is 10. The summed E-state index contributed by atoms with van der Waals surface area (Å²) in [6.45, 7) is 16.4. The molecule has 0 saturated carbocycles. The maximum atomic E-state index is 6.61. The van der Waals surface area contributed by atoms with Crippen molar-refractivity contribution in [3.05, 3.63) is 0 Å². The van der Waals surface area contributed by atoms with Crippen LogP contribution in [0.25, 0.3) is 0 Å². The van der Waals surface area contributed by atoms with Gasteiger partial charge in [0.05, 0.1) is 13.2 Å². The third-order valence-corrected chi connectivity index (χ3v) is 7.20. The number of ether oxygens (including phenoxy) is 2. The van der Waals surface area contributed by atoms with Crippen molar-refractivity contribution in [2.75, 3.05) is 19.8 Å². The Balaban J connectivity index is 2.55. The van der Waals surface area contributed by atoms with Gasteiger partial charge in [-0.2, -0.15) is 0 Å². The van der Waals surface area contributed by atoms with Crippen molar-refractivity contribution in [1.82, 2.24) is 5.32 Å². The van der Waals surface area contributed by atoms with Crippen molar-refractivity contribution in [3.63, 3.8) is 0 Å². The Morgan fingerprint density at radius 1 is 0.643 bits per heavy atom. The van der Waals surface area contributed by atoms with Crippen LogP contribution < -0.4 is 5.32 Å². The average Bonchev–Trinajstić information content (AvgIpc) is 2.64. The van der Waals surface area contributed by atoms with Gasteiger partial charge in [0.15, 0.2) is 5.79 Å². The molecule has 0 bridgehead atoms. The minimum atomic E-state index is -0.464. The highest BCUT2D eigenvalue weighted by molar-refractivity contribution is 5.06. The van der Waals surface area contributed by atoms with E-state index in [9.17, 15) is 0 Å². The Morgan fingerprint density at radius 3 is 1.54 bits per heavy atom. The summed E-state index contributed by atoms with van der Waals surface area (Å²) in [5, 5.41) is 3.69. The fourth-order valence-corrected chi connectivity index (χ4v) is 4.33. The molecule has 1 heterocycles. The van der Waals surface area contributed by atoms with Crippen LogP contribution in [0.15, 0.2) is 0 Å². The Bertz CT molecular complexity index is 374. The Labute approximate surface area is 176 Å². The zero-order valence-electron chi connectivity index (χ0n) is 20.1. The highest BCUT2D eigenvalue weighted by atomic mass is 16.7. The first kappa shape index (κ1) is 25.9. The molecule has 0 spiro atoms. The van der Waals surface area contributed by atoms with E-state index >= 15 is 0 Å². The van der Waals surface area contributed by atoms with Crippen LogP contribution in [0.2, 0.25) is 0 Å². The van der Waals surface area contributed by atoms with Gasteiger partial charge in [0, 0.05) is 23.9 Å². The number of hydrogen-bond donors (Lipinski definition) is 1. The Morgan fingerprint density at radius 2 is 1.07 bits per heavy atom. The van der Waals surface area contributed by atoms with Crippen molar-refractivity contribution >= 4 is 0 Å². The molecule has 0 aromatic rings. The first-order valence-electron chi connectivity index (χ1n) is 12.4. The smallest absolute Gasteiger partial charge is 0.176 e. The highest BCUT2D eigenvalue weighted by Crippen LogP contribution is 2.48. The highest BCUT2D eigenvalue weighted by Gasteiger charge is 2.57. The molecule has 0 amide bonds. The van der Waals surface area contributed by atoms with E-state index in [0.717, 1.165) is 39.0 Å². The van der Waals surface area contributed by atoms with E-state index in [1.165, 1.54) is 64.2 Å².